The number of carboxylic acid groups (broad SMARTS) is 1. The summed E-state index contributed by atoms with van der Waals surface area (Å²) in [4.78, 5) is 11.3. The van der Waals surface area contributed by atoms with Crippen LogP contribution in [0, 0.1) is 6.92 Å². The number of aryl methyl sites for hydroxylation is 1. The Bertz CT molecular complexity index is 585. The van der Waals surface area contributed by atoms with Gasteiger partial charge in [-0.1, -0.05) is 32.0 Å². The predicted molar refractivity (Wildman–Crippen MR) is 69.3 cm³/mol. The van der Waals surface area contributed by atoms with E-state index >= 15 is 0 Å². The largest absolute Gasteiger partial charge is 0.477 e. The van der Waals surface area contributed by atoms with Gasteiger partial charge >= 0.3 is 5.97 Å². The summed E-state index contributed by atoms with van der Waals surface area (Å²) in [6.07, 6.45) is 0. The molecule has 18 heavy (non-hydrogen) atoms. The van der Waals surface area contributed by atoms with Crippen molar-refractivity contribution in [1.29, 1.82) is 0 Å². The zero-order valence-corrected chi connectivity index (χ0v) is 10.7. The SMILES string of the molecule is Cc1ccccc1-n1nc(C(C)C)cc1C(=O)O. The number of benzene rings is 1. The number of hydrogen-bond donors (Lipinski definition) is 1. The summed E-state index contributed by atoms with van der Waals surface area (Å²) < 4.78 is 1.51. The second-order valence-electron chi connectivity index (χ2n) is 4.61. The molecule has 0 bridgehead atoms. The molecule has 1 aromatic carbocycles. The van der Waals surface area contributed by atoms with E-state index in [9.17, 15) is 9.90 Å². The van der Waals surface area contributed by atoms with Crippen molar-refractivity contribution in [3.63, 3.8) is 0 Å². The molecule has 4 heteroatoms. The number of nitrogens with zero attached hydrogens (tertiary/aromatic N) is 2. The molecule has 0 radical (unpaired) electrons. The minimum Gasteiger partial charge on any atom is -0.477 e. The summed E-state index contributed by atoms with van der Waals surface area (Å²) in [5.41, 5.74) is 2.80. The van der Waals surface area contributed by atoms with Crippen LogP contribution in [0.3, 0.4) is 0 Å². The fourth-order valence-electron chi connectivity index (χ4n) is 1.82. The maximum absolute atomic E-state index is 11.3. The van der Waals surface area contributed by atoms with Crippen molar-refractivity contribution in [1.82, 2.24) is 9.78 Å². The van der Waals surface area contributed by atoms with Crippen molar-refractivity contribution in [2.75, 3.05) is 0 Å². The standard InChI is InChI=1S/C14H16N2O2/c1-9(2)11-8-13(14(17)18)16(15-11)12-7-5-4-6-10(12)3/h4-9H,1-3H3,(H,17,18). The first-order valence-electron chi connectivity index (χ1n) is 5.90. The number of carbonyl (C=O) groups is 1. The van der Waals surface area contributed by atoms with Gasteiger partial charge in [0.1, 0.15) is 0 Å². The molecule has 0 fully saturated rings. The first-order valence-corrected chi connectivity index (χ1v) is 5.90. The minimum absolute atomic E-state index is 0.202. The average molecular weight is 244 g/mol. The summed E-state index contributed by atoms with van der Waals surface area (Å²) in [6, 6.07) is 9.26. The van der Waals surface area contributed by atoms with Gasteiger partial charge in [0.25, 0.3) is 0 Å². The van der Waals surface area contributed by atoms with E-state index in [0.29, 0.717) is 0 Å². The Kier molecular flexibility index (Phi) is 3.19. The Balaban J connectivity index is 2.63. The predicted octanol–water partition coefficient (Wildman–Crippen LogP) is 3.00. The Morgan fingerprint density at radius 3 is 2.56 bits per heavy atom. The molecule has 1 N–H and O–H groups in total. The molecule has 2 rings (SSSR count). The highest BCUT2D eigenvalue weighted by Crippen LogP contribution is 2.20. The van der Waals surface area contributed by atoms with Crippen LogP contribution in [0.25, 0.3) is 5.69 Å². The molecule has 1 aromatic heterocycles. The van der Waals surface area contributed by atoms with Crippen LogP contribution >= 0.6 is 0 Å². The minimum atomic E-state index is -0.961. The quantitative estimate of drug-likeness (QED) is 0.903. The number of aromatic nitrogens is 2. The van der Waals surface area contributed by atoms with Crippen molar-refractivity contribution in [3.8, 4) is 5.69 Å². The van der Waals surface area contributed by atoms with E-state index < -0.39 is 5.97 Å². The van der Waals surface area contributed by atoms with Crippen molar-refractivity contribution in [2.45, 2.75) is 26.7 Å². The van der Waals surface area contributed by atoms with Crippen molar-refractivity contribution in [2.24, 2.45) is 0 Å². The van der Waals surface area contributed by atoms with Crippen LogP contribution in [0.1, 0.15) is 41.5 Å². The van der Waals surface area contributed by atoms with Crippen LogP contribution in [0.15, 0.2) is 30.3 Å². The lowest BCUT2D eigenvalue weighted by atomic mass is 10.1. The van der Waals surface area contributed by atoms with E-state index in [0.717, 1.165) is 16.9 Å². The van der Waals surface area contributed by atoms with Crippen LogP contribution in [0.4, 0.5) is 0 Å². The van der Waals surface area contributed by atoms with Crippen molar-refractivity contribution >= 4 is 5.97 Å². The maximum Gasteiger partial charge on any atom is 0.354 e. The van der Waals surface area contributed by atoms with Gasteiger partial charge in [-0.25, -0.2) is 9.48 Å². The number of hydrogen-bond acceptors (Lipinski definition) is 2. The van der Waals surface area contributed by atoms with Gasteiger partial charge in [0.05, 0.1) is 11.4 Å². The first-order chi connectivity index (χ1) is 8.50. The Morgan fingerprint density at radius 2 is 2.00 bits per heavy atom. The fraction of sp³-hybridized carbons (Fsp3) is 0.286. The molecule has 94 valence electrons. The molecule has 0 aliphatic carbocycles. The molecular weight excluding hydrogens is 228 g/mol. The molecule has 1 heterocycles. The van der Waals surface area contributed by atoms with Gasteiger partial charge in [-0.3, -0.25) is 0 Å². The van der Waals surface area contributed by atoms with E-state index in [1.165, 1.54) is 4.68 Å². The van der Waals surface area contributed by atoms with Crippen LogP contribution in [-0.4, -0.2) is 20.9 Å². The van der Waals surface area contributed by atoms with Gasteiger partial charge < -0.3 is 5.11 Å². The normalized spacial score (nSPS) is 10.9. The number of aromatic carboxylic acids is 1. The fourth-order valence-corrected chi connectivity index (χ4v) is 1.82. The van der Waals surface area contributed by atoms with Gasteiger partial charge in [0.15, 0.2) is 5.69 Å². The molecule has 0 aliphatic rings. The Morgan fingerprint density at radius 1 is 1.33 bits per heavy atom. The molecule has 4 nitrogen and oxygen atoms in total. The maximum atomic E-state index is 11.3. The van der Waals surface area contributed by atoms with Gasteiger partial charge in [0, 0.05) is 0 Å². The number of para-hydroxylation sites is 1. The highest BCUT2D eigenvalue weighted by molar-refractivity contribution is 5.86. The van der Waals surface area contributed by atoms with Gasteiger partial charge in [0.2, 0.25) is 0 Å². The Labute approximate surface area is 106 Å². The second-order valence-corrected chi connectivity index (χ2v) is 4.61. The topological polar surface area (TPSA) is 55.1 Å². The summed E-state index contributed by atoms with van der Waals surface area (Å²) in [5, 5.41) is 13.7. The monoisotopic (exact) mass is 244 g/mol. The summed E-state index contributed by atoms with van der Waals surface area (Å²) >= 11 is 0. The van der Waals surface area contributed by atoms with E-state index in [1.807, 2.05) is 45.0 Å². The molecule has 0 atom stereocenters. The van der Waals surface area contributed by atoms with Crippen LogP contribution in [0.2, 0.25) is 0 Å². The molecule has 0 aliphatic heterocycles. The molecule has 0 spiro atoms. The highest BCUT2D eigenvalue weighted by Gasteiger charge is 2.17. The summed E-state index contributed by atoms with van der Waals surface area (Å²) in [6.45, 7) is 5.93. The van der Waals surface area contributed by atoms with E-state index in [1.54, 1.807) is 6.07 Å². The first kappa shape index (κ1) is 12.4. The van der Waals surface area contributed by atoms with Gasteiger partial charge in [-0.2, -0.15) is 5.10 Å². The van der Waals surface area contributed by atoms with Gasteiger partial charge in [-0.05, 0) is 30.5 Å². The lowest BCUT2D eigenvalue weighted by Gasteiger charge is -2.07. The lowest BCUT2D eigenvalue weighted by molar-refractivity contribution is 0.0687. The zero-order chi connectivity index (χ0) is 13.3. The molecular formula is C14H16N2O2. The van der Waals surface area contributed by atoms with E-state index in [-0.39, 0.29) is 11.6 Å². The van der Waals surface area contributed by atoms with Crippen LogP contribution in [-0.2, 0) is 0 Å². The average Bonchev–Trinajstić information content (AvgIpc) is 2.74. The Hall–Kier alpha value is -2.10. The zero-order valence-electron chi connectivity index (χ0n) is 10.7. The molecule has 0 amide bonds. The van der Waals surface area contributed by atoms with Crippen LogP contribution < -0.4 is 0 Å². The summed E-state index contributed by atoms with van der Waals surface area (Å²) in [5.74, 6) is -0.758. The second kappa shape index (κ2) is 4.64. The molecule has 2 aromatic rings. The molecule has 0 unspecified atom stereocenters. The third kappa shape index (κ3) is 2.14. The lowest BCUT2D eigenvalue weighted by Crippen LogP contribution is -2.09. The molecule has 0 saturated heterocycles. The van der Waals surface area contributed by atoms with E-state index in [2.05, 4.69) is 5.10 Å². The van der Waals surface area contributed by atoms with Gasteiger partial charge in [-0.15, -0.1) is 0 Å². The van der Waals surface area contributed by atoms with E-state index in [4.69, 9.17) is 0 Å². The summed E-state index contributed by atoms with van der Waals surface area (Å²) in [7, 11) is 0. The molecule has 0 saturated carbocycles. The third-order valence-electron chi connectivity index (χ3n) is 2.88. The van der Waals surface area contributed by atoms with Crippen LogP contribution in [0.5, 0.6) is 0 Å². The van der Waals surface area contributed by atoms with Crippen molar-refractivity contribution in [3.05, 3.63) is 47.3 Å². The smallest absolute Gasteiger partial charge is 0.354 e. The highest BCUT2D eigenvalue weighted by atomic mass is 16.4. The van der Waals surface area contributed by atoms with Crippen molar-refractivity contribution < 1.29 is 9.90 Å². The number of rotatable bonds is 3. The number of carboxylic acids is 1. The third-order valence-corrected chi connectivity index (χ3v) is 2.88.